The van der Waals surface area contributed by atoms with E-state index in [-0.39, 0.29) is 5.92 Å². The van der Waals surface area contributed by atoms with Gasteiger partial charge in [0.2, 0.25) is 5.79 Å². The van der Waals surface area contributed by atoms with Gasteiger partial charge in [0.15, 0.2) is 0 Å². The molecule has 2 aliphatic carbocycles. The first-order valence-corrected chi connectivity index (χ1v) is 9.33. The minimum absolute atomic E-state index is 0.174. The van der Waals surface area contributed by atoms with Crippen molar-refractivity contribution in [1.29, 1.82) is 0 Å². The van der Waals surface area contributed by atoms with Crippen molar-refractivity contribution in [1.82, 2.24) is 0 Å². The quantitative estimate of drug-likeness (QED) is 0.463. The van der Waals surface area contributed by atoms with Gasteiger partial charge in [-0.05, 0) is 33.1 Å². The third kappa shape index (κ3) is 2.69. The summed E-state index contributed by atoms with van der Waals surface area (Å²) in [6.45, 7) is 9.06. The highest BCUT2D eigenvalue weighted by atomic mass is 16.7. The summed E-state index contributed by atoms with van der Waals surface area (Å²) in [6, 6.07) is 0. The lowest BCUT2D eigenvalue weighted by Gasteiger charge is -2.54. The van der Waals surface area contributed by atoms with Crippen LogP contribution in [0.2, 0.25) is 0 Å². The fourth-order valence-corrected chi connectivity index (χ4v) is 4.53. The Balaban J connectivity index is 2.21. The van der Waals surface area contributed by atoms with Crippen molar-refractivity contribution in [3.05, 3.63) is 34.4 Å². The summed E-state index contributed by atoms with van der Waals surface area (Å²) >= 11 is 0. The number of allylic oxidation sites excluding steroid dienone is 1. The number of methoxy groups -OCH3 is 1. The van der Waals surface area contributed by atoms with Crippen LogP contribution in [0.4, 0.5) is 0 Å². The van der Waals surface area contributed by atoms with Crippen LogP contribution in [0.25, 0.3) is 0 Å². The molecule has 1 N–H and O–H groups in total. The SMILES string of the molecule is CC=C(C)C(=O)OC1C2=C(C)C(=O)OC2(OC)CC2=CCC(O)C(C)C21C. The third-order valence-corrected chi connectivity index (χ3v) is 6.74. The normalized spacial score (nSPS) is 38.8. The molecule has 148 valence electrons. The maximum atomic E-state index is 12.7. The Morgan fingerprint density at radius 2 is 2.11 bits per heavy atom. The fraction of sp³-hybridized carbons (Fsp3) is 0.619. The molecule has 5 atom stereocenters. The van der Waals surface area contributed by atoms with Crippen LogP contribution in [0.5, 0.6) is 0 Å². The van der Waals surface area contributed by atoms with Crippen LogP contribution in [0.15, 0.2) is 34.4 Å². The summed E-state index contributed by atoms with van der Waals surface area (Å²) in [5.41, 5.74) is 1.75. The molecule has 5 unspecified atom stereocenters. The maximum Gasteiger partial charge on any atom is 0.336 e. The third-order valence-electron chi connectivity index (χ3n) is 6.74. The van der Waals surface area contributed by atoms with Crippen molar-refractivity contribution in [3.63, 3.8) is 0 Å². The molecule has 3 rings (SSSR count). The van der Waals surface area contributed by atoms with Crippen LogP contribution in [-0.4, -0.2) is 42.1 Å². The Hall–Kier alpha value is -1.92. The van der Waals surface area contributed by atoms with E-state index < -0.39 is 35.3 Å². The number of carbonyl (C=O) groups is 2. The molecule has 6 heteroatoms. The van der Waals surface area contributed by atoms with Gasteiger partial charge in [-0.15, -0.1) is 0 Å². The first-order valence-electron chi connectivity index (χ1n) is 9.33. The summed E-state index contributed by atoms with van der Waals surface area (Å²) < 4.78 is 17.3. The number of ether oxygens (including phenoxy) is 3. The van der Waals surface area contributed by atoms with Gasteiger partial charge in [-0.2, -0.15) is 0 Å². The van der Waals surface area contributed by atoms with Crippen molar-refractivity contribution in [2.24, 2.45) is 11.3 Å². The van der Waals surface area contributed by atoms with E-state index in [0.29, 0.717) is 29.6 Å². The zero-order chi connectivity index (χ0) is 20.1. The second-order valence-electron chi connectivity index (χ2n) is 7.92. The van der Waals surface area contributed by atoms with Gasteiger partial charge in [-0.3, -0.25) is 0 Å². The summed E-state index contributed by atoms with van der Waals surface area (Å²) in [5, 5.41) is 10.5. The second kappa shape index (κ2) is 6.60. The van der Waals surface area contributed by atoms with Crippen molar-refractivity contribution in [2.45, 2.75) is 65.5 Å². The molecule has 0 radical (unpaired) electrons. The van der Waals surface area contributed by atoms with E-state index in [0.717, 1.165) is 5.57 Å². The van der Waals surface area contributed by atoms with E-state index in [1.54, 1.807) is 26.8 Å². The zero-order valence-electron chi connectivity index (χ0n) is 16.8. The van der Waals surface area contributed by atoms with Crippen LogP contribution in [0.1, 0.15) is 47.5 Å². The van der Waals surface area contributed by atoms with Gasteiger partial charge < -0.3 is 19.3 Å². The number of hydrogen-bond donors (Lipinski definition) is 1. The molecule has 0 aromatic rings. The Kier molecular flexibility index (Phi) is 4.85. The van der Waals surface area contributed by atoms with Crippen LogP contribution in [0.3, 0.4) is 0 Å². The number of aliphatic hydroxyl groups excluding tert-OH is 1. The number of rotatable bonds is 3. The highest BCUT2D eigenvalue weighted by Gasteiger charge is 2.64. The predicted octanol–water partition coefficient (Wildman–Crippen LogP) is 2.82. The zero-order valence-corrected chi connectivity index (χ0v) is 16.8. The number of aliphatic hydroxyl groups is 1. The molecule has 1 aliphatic heterocycles. The standard InChI is InChI=1S/C21H28O6/c1-7-11(2)18(23)26-17-16-12(3)19(24)27-21(16,25-6)10-14-8-9-15(22)13(4)20(14,17)5/h7-8,13,15,17,22H,9-10H2,1-6H3. The average Bonchev–Trinajstić information content (AvgIpc) is 2.90. The summed E-state index contributed by atoms with van der Waals surface area (Å²) in [7, 11) is 1.49. The smallest absolute Gasteiger partial charge is 0.336 e. The van der Waals surface area contributed by atoms with Crippen molar-refractivity contribution < 1.29 is 28.9 Å². The largest absolute Gasteiger partial charge is 0.453 e. The predicted molar refractivity (Wildman–Crippen MR) is 98.4 cm³/mol. The Morgan fingerprint density at radius 1 is 1.44 bits per heavy atom. The van der Waals surface area contributed by atoms with Crippen LogP contribution in [-0.2, 0) is 23.8 Å². The molecule has 0 aromatic heterocycles. The summed E-state index contributed by atoms with van der Waals surface area (Å²) in [4.78, 5) is 25.1. The minimum atomic E-state index is -1.26. The van der Waals surface area contributed by atoms with E-state index in [2.05, 4.69) is 0 Å². The lowest BCUT2D eigenvalue weighted by molar-refractivity contribution is -0.211. The second-order valence-corrected chi connectivity index (χ2v) is 7.92. The van der Waals surface area contributed by atoms with Gasteiger partial charge in [0, 0.05) is 30.1 Å². The number of esters is 2. The molecule has 0 amide bonds. The molecular formula is C21H28O6. The van der Waals surface area contributed by atoms with E-state index in [9.17, 15) is 14.7 Å². The number of fused-ring (bicyclic) bond motifs is 2. The molecule has 0 saturated heterocycles. The van der Waals surface area contributed by atoms with Crippen molar-refractivity contribution >= 4 is 11.9 Å². The first-order chi connectivity index (χ1) is 12.6. The van der Waals surface area contributed by atoms with E-state index >= 15 is 0 Å². The van der Waals surface area contributed by atoms with Crippen LogP contribution >= 0.6 is 0 Å². The van der Waals surface area contributed by atoms with E-state index in [1.165, 1.54) is 7.11 Å². The van der Waals surface area contributed by atoms with Gasteiger partial charge >= 0.3 is 11.9 Å². The fourth-order valence-electron chi connectivity index (χ4n) is 4.53. The molecule has 0 bridgehead atoms. The van der Waals surface area contributed by atoms with Gasteiger partial charge in [-0.1, -0.05) is 31.6 Å². The molecular weight excluding hydrogens is 348 g/mol. The molecule has 0 spiro atoms. The Morgan fingerprint density at radius 3 is 2.70 bits per heavy atom. The van der Waals surface area contributed by atoms with E-state index in [4.69, 9.17) is 14.2 Å². The molecule has 1 fully saturated rings. The highest BCUT2D eigenvalue weighted by Crippen LogP contribution is 2.59. The molecule has 1 saturated carbocycles. The topological polar surface area (TPSA) is 82.1 Å². The Bertz CT molecular complexity index is 776. The first kappa shape index (κ1) is 19.8. The average molecular weight is 376 g/mol. The Labute approximate surface area is 159 Å². The monoisotopic (exact) mass is 376 g/mol. The van der Waals surface area contributed by atoms with Crippen LogP contribution < -0.4 is 0 Å². The lowest BCUT2D eigenvalue weighted by atomic mass is 9.55. The van der Waals surface area contributed by atoms with Gasteiger partial charge in [-0.25, -0.2) is 9.59 Å². The highest BCUT2D eigenvalue weighted by molar-refractivity contribution is 5.93. The maximum absolute atomic E-state index is 12.7. The van der Waals surface area contributed by atoms with Gasteiger partial charge in [0.25, 0.3) is 0 Å². The summed E-state index contributed by atoms with van der Waals surface area (Å²) in [6.07, 6.45) is 3.20. The minimum Gasteiger partial charge on any atom is -0.453 e. The van der Waals surface area contributed by atoms with E-state index in [1.807, 2.05) is 19.9 Å². The van der Waals surface area contributed by atoms with Crippen molar-refractivity contribution in [3.8, 4) is 0 Å². The van der Waals surface area contributed by atoms with Gasteiger partial charge in [0.05, 0.1) is 11.7 Å². The number of hydrogen-bond acceptors (Lipinski definition) is 6. The number of carbonyl (C=O) groups excluding carboxylic acids is 2. The molecule has 6 nitrogen and oxygen atoms in total. The summed E-state index contributed by atoms with van der Waals surface area (Å²) in [5.74, 6) is -2.36. The molecule has 27 heavy (non-hydrogen) atoms. The van der Waals surface area contributed by atoms with Gasteiger partial charge in [0.1, 0.15) is 6.10 Å². The molecule has 1 heterocycles. The molecule has 0 aromatic carbocycles. The van der Waals surface area contributed by atoms with Crippen LogP contribution in [0, 0.1) is 11.3 Å². The van der Waals surface area contributed by atoms with Crippen molar-refractivity contribution in [2.75, 3.05) is 7.11 Å². The molecule has 3 aliphatic rings. The lowest BCUT2D eigenvalue weighted by Crippen LogP contribution is -2.58.